The number of hydrogen-bond donors (Lipinski definition) is 2. The molecule has 0 unspecified atom stereocenters. The van der Waals surface area contributed by atoms with Gasteiger partial charge in [-0.1, -0.05) is 48.5 Å². The molecule has 28 heavy (non-hydrogen) atoms. The van der Waals surface area contributed by atoms with Crippen molar-refractivity contribution in [3.63, 3.8) is 0 Å². The zero-order valence-corrected chi connectivity index (χ0v) is 15.6. The lowest BCUT2D eigenvalue weighted by molar-refractivity contribution is -0.128. The molecular formula is C22H23N3O3. The van der Waals surface area contributed by atoms with Crippen LogP contribution in [0.5, 0.6) is 0 Å². The topological polar surface area (TPSA) is 78.5 Å². The first-order valence-corrected chi connectivity index (χ1v) is 9.19. The standard InChI is InChI=1S/C22H23N3O3/c1-2-12-23-22(28)18-10-6-7-11-19(18)24-21(27)17-13-20(26)25(15-17)14-16-8-4-3-5-9-16/h2-11,17H,1,12-15H2,(H,23,28)(H,24,27)/t17-/m0/s1. The van der Waals surface area contributed by atoms with E-state index in [1.54, 1.807) is 35.2 Å². The summed E-state index contributed by atoms with van der Waals surface area (Å²) in [4.78, 5) is 39.0. The van der Waals surface area contributed by atoms with Crippen molar-refractivity contribution in [2.45, 2.75) is 13.0 Å². The summed E-state index contributed by atoms with van der Waals surface area (Å²) in [6.45, 7) is 4.77. The Labute approximate surface area is 164 Å². The largest absolute Gasteiger partial charge is 0.349 e. The molecule has 1 aliphatic rings. The van der Waals surface area contributed by atoms with E-state index in [1.165, 1.54) is 0 Å². The molecule has 0 spiro atoms. The lowest BCUT2D eigenvalue weighted by Crippen LogP contribution is -2.29. The van der Waals surface area contributed by atoms with Gasteiger partial charge in [0.05, 0.1) is 17.2 Å². The molecule has 1 aliphatic heterocycles. The summed E-state index contributed by atoms with van der Waals surface area (Å²) in [6.07, 6.45) is 1.76. The minimum absolute atomic E-state index is 0.0407. The van der Waals surface area contributed by atoms with Crippen molar-refractivity contribution in [1.29, 1.82) is 0 Å². The van der Waals surface area contributed by atoms with Gasteiger partial charge in [0.1, 0.15) is 0 Å². The van der Waals surface area contributed by atoms with Gasteiger partial charge in [-0.3, -0.25) is 14.4 Å². The van der Waals surface area contributed by atoms with Gasteiger partial charge in [-0.2, -0.15) is 0 Å². The molecule has 6 nitrogen and oxygen atoms in total. The Bertz CT molecular complexity index is 880. The third-order valence-electron chi connectivity index (χ3n) is 4.64. The number of para-hydroxylation sites is 1. The van der Waals surface area contributed by atoms with Crippen LogP contribution in [0, 0.1) is 5.92 Å². The van der Waals surface area contributed by atoms with E-state index in [2.05, 4.69) is 17.2 Å². The van der Waals surface area contributed by atoms with Gasteiger partial charge in [-0.05, 0) is 17.7 Å². The van der Waals surface area contributed by atoms with E-state index in [4.69, 9.17) is 0 Å². The van der Waals surface area contributed by atoms with Crippen LogP contribution in [0.2, 0.25) is 0 Å². The first-order chi connectivity index (χ1) is 13.6. The summed E-state index contributed by atoms with van der Waals surface area (Å²) in [5.74, 6) is -1.03. The molecule has 1 saturated heterocycles. The number of anilines is 1. The Hall–Kier alpha value is -3.41. The van der Waals surface area contributed by atoms with Gasteiger partial charge in [0, 0.05) is 26.1 Å². The zero-order valence-electron chi connectivity index (χ0n) is 15.6. The van der Waals surface area contributed by atoms with Gasteiger partial charge in [0.2, 0.25) is 11.8 Å². The Balaban J connectivity index is 1.65. The third-order valence-corrected chi connectivity index (χ3v) is 4.64. The smallest absolute Gasteiger partial charge is 0.253 e. The molecule has 1 atom stereocenters. The zero-order chi connectivity index (χ0) is 19.9. The van der Waals surface area contributed by atoms with Crippen LogP contribution in [-0.4, -0.2) is 35.7 Å². The molecule has 1 heterocycles. The van der Waals surface area contributed by atoms with E-state index >= 15 is 0 Å². The van der Waals surface area contributed by atoms with Crippen molar-refractivity contribution in [1.82, 2.24) is 10.2 Å². The maximum Gasteiger partial charge on any atom is 0.253 e. The van der Waals surface area contributed by atoms with E-state index < -0.39 is 5.92 Å². The Kier molecular flexibility index (Phi) is 6.22. The summed E-state index contributed by atoms with van der Waals surface area (Å²) in [7, 11) is 0. The summed E-state index contributed by atoms with van der Waals surface area (Å²) >= 11 is 0. The second-order valence-corrected chi connectivity index (χ2v) is 6.69. The van der Waals surface area contributed by atoms with Crippen LogP contribution in [-0.2, 0) is 16.1 Å². The van der Waals surface area contributed by atoms with E-state index in [1.807, 2.05) is 30.3 Å². The van der Waals surface area contributed by atoms with Crippen molar-refractivity contribution >= 4 is 23.4 Å². The van der Waals surface area contributed by atoms with Crippen LogP contribution in [0.3, 0.4) is 0 Å². The molecule has 2 N–H and O–H groups in total. The fourth-order valence-corrected chi connectivity index (χ4v) is 3.19. The molecule has 6 heteroatoms. The molecule has 144 valence electrons. The summed E-state index contributed by atoms with van der Waals surface area (Å²) in [6, 6.07) is 16.5. The summed E-state index contributed by atoms with van der Waals surface area (Å²) in [5.41, 5.74) is 1.84. The molecule has 3 rings (SSSR count). The number of carbonyl (C=O) groups excluding carboxylic acids is 3. The summed E-state index contributed by atoms with van der Waals surface area (Å²) in [5, 5.41) is 5.51. The predicted molar refractivity (Wildman–Crippen MR) is 108 cm³/mol. The van der Waals surface area contributed by atoms with E-state index in [0.717, 1.165) is 5.56 Å². The monoisotopic (exact) mass is 377 g/mol. The average Bonchev–Trinajstić information content (AvgIpc) is 3.08. The van der Waals surface area contributed by atoms with Crippen molar-refractivity contribution in [3.8, 4) is 0 Å². The predicted octanol–water partition coefficient (Wildman–Crippen LogP) is 2.59. The highest BCUT2D eigenvalue weighted by molar-refractivity contribution is 6.05. The number of likely N-dealkylation sites (tertiary alicyclic amines) is 1. The number of rotatable bonds is 7. The Morgan fingerprint density at radius 3 is 2.57 bits per heavy atom. The van der Waals surface area contributed by atoms with Crippen molar-refractivity contribution in [3.05, 3.63) is 78.4 Å². The van der Waals surface area contributed by atoms with Crippen LogP contribution in [0.4, 0.5) is 5.69 Å². The first-order valence-electron chi connectivity index (χ1n) is 9.19. The number of nitrogens with one attached hydrogen (secondary N) is 2. The fraction of sp³-hybridized carbons (Fsp3) is 0.227. The van der Waals surface area contributed by atoms with Crippen molar-refractivity contribution in [2.24, 2.45) is 5.92 Å². The van der Waals surface area contributed by atoms with Gasteiger partial charge in [-0.25, -0.2) is 0 Å². The van der Waals surface area contributed by atoms with Crippen molar-refractivity contribution < 1.29 is 14.4 Å². The minimum atomic E-state index is -0.444. The molecule has 0 bridgehead atoms. The van der Waals surface area contributed by atoms with E-state index in [9.17, 15) is 14.4 Å². The van der Waals surface area contributed by atoms with Gasteiger partial charge in [-0.15, -0.1) is 6.58 Å². The van der Waals surface area contributed by atoms with E-state index in [0.29, 0.717) is 30.9 Å². The second-order valence-electron chi connectivity index (χ2n) is 6.69. The molecule has 0 aliphatic carbocycles. The molecule has 0 aromatic heterocycles. The molecule has 3 amide bonds. The van der Waals surface area contributed by atoms with E-state index in [-0.39, 0.29) is 24.1 Å². The second kappa shape index (κ2) is 8.99. The highest BCUT2D eigenvalue weighted by Gasteiger charge is 2.34. The highest BCUT2D eigenvalue weighted by atomic mass is 16.2. The van der Waals surface area contributed by atoms with Gasteiger partial charge in [0.15, 0.2) is 0 Å². The number of carbonyl (C=O) groups is 3. The van der Waals surface area contributed by atoms with Crippen LogP contribution in [0.25, 0.3) is 0 Å². The molecule has 2 aromatic carbocycles. The number of nitrogens with zero attached hydrogens (tertiary/aromatic N) is 1. The van der Waals surface area contributed by atoms with Crippen molar-refractivity contribution in [2.75, 3.05) is 18.4 Å². The Morgan fingerprint density at radius 1 is 1.11 bits per heavy atom. The third kappa shape index (κ3) is 4.65. The molecule has 1 fully saturated rings. The molecule has 0 saturated carbocycles. The quantitative estimate of drug-likeness (QED) is 0.728. The molecular weight excluding hydrogens is 354 g/mol. The maximum absolute atomic E-state index is 12.7. The van der Waals surface area contributed by atoms with Gasteiger partial charge >= 0.3 is 0 Å². The van der Waals surface area contributed by atoms with Crippen LogP contribution in [0.1, 0.15) is 22.3 Å². The van der Waals surface area contributed by atoms with Gasteiger partial charge in [0.25, 0.3) is 5.91 Å². The highest BCUT2D eigenvalue weighted by Crippen LogP contribution is 2.23. The molecule has 2 aromatic rings. The maximum atomic E-state index is 12.7. The molecule has 0 radical (unpaired) electrons. The van der Waals surface area contributed by atoms with Crippen LogP contribution < -0.4 is 10.6 Å². The lowest BCUT2D eigenvalue weighted by Gasteiger charge is -2.17. The number of hydrogen-bond acceptors (Lipinski definition) is 3. The summed E-state index contributed by atoms with van der Waals surface area (Å²) < 4.78 is 0. The van der Waals surface area contributed by atoms with Crippen LogP contribution in [0.15, 0.2) is 67.3 Å². The van der Waals surface area contributed by atoms with Gasteiger partial charge < -0.3 is 15.5 Å². The number of amides is 3. The Morgan fingerprint density at radius 2 is 1.82 bits per heavy atom. The van der Waals surface area contributed by atoms with Crippen LogP contribution >= 0.6 is 0 Å². The number of benzene rings is 2. The first kappa shape index (κ1) is 19.4. The SMILES string of the molecule is C=CCNC(=O)c1ccccc1NC(=O)[C@H]1CC(=O)N(Cc2ccccc2)C1. The normalized spacial score (nSPS) is 15.9. The average molecular weight is 377 g/mol. The fourth-order valence-electron chi connectivity index (χ4n) is 3.19. The lowest BCUT2D eigenvalue weighted by atomic mass is 10.1. The minimum Gasteiger partial charge on any atom is -0.349 e.